The highest BCUT2D eigenvalue weighted by Crippen LogP contribution is 2.43. The van der Waals surface area contributed by atoms with Gasteiger partial charge in [0.1, 0.15) is 15.0 Å². The fraction of sp³-hybridized carbons (Fsp3) is 0.261. The Balaban J connectivity index is 1.91. The van der Waals surface area contributed by atoms with Crippen molar-refractivity contribution in [3.05, 3.63) is 59.1 Å². The zero-order valence-electron chi connectivity index (χ0n) is 18.5. The summed E-state index contributed by atoms with van der Waals surface area (Å²) in [6, 6.07) is 12.0. The van der Waals surface area contributed by atoms with Crippen LogP contribution in [-0.4, -0.2) is 25.1 Å². The number of hydrogen-bond acceptors (Lipinski definition) is 4. The van der Waals surface area contributed by atoms with E-state index in [1.54, 1.807) is 30.3 Å². The van der Waals surface area contributed by atoms with Gasteiger partial charge in [-0.3, -0.25) is 4.79 Å². The molecule has 194 valence electrons. The summed E-state index contributed by atoms with van der Waals surface area (Å²) in [6.45, 7) is 1.38. The summed E-state index contributed by atoms with van der Waals surface area (Å²) in [5.41, 5.74) is 0.828. The molecular formula is C23H17ClF6INO4. The minimum absolute atomic E-state index is 0.196. The largest absolute Gasteiger partial charge is 0.573 e. The number of alkyl halides is 7. The molecule has 1 amide bonds. The van der Waals surface area contributed by atoms with Crippen molar-refractivity contribution in [2.24, 2.45) is 0 Å². The number of carbonyl (C=O) groups is 1. The van der Waals surface area contributed by atoms with Gasteiger partial charge in [-0.2, -0.15) is 13.2 Å². The number of ether oxygens (including phenoxy) is 3. The molecule has 0 spiro atoms. The van der Waals surface area contributed by atoms with E-state index in [0.29, 0.717) is 5.39 Å². The molecule has 3 rings (SSSR count). The van der Waals surface area contributed by atoms with Gasteiger partial charge in [0.15, 0.2) is 18.1 Å². The summed E-state index contributed by atoms with van der Waals surface area (Å²) in [5.74, 6) is -2.21. The maximum Gasteiger partial charge on any atom is 0.573 e. The number of benzene rings is 3. The lowest BCUT2D eigenvalue weighted by atomic mass is 10.0. The lowest BCUT2D eigenvalue weighted by Gasteiger charge is -2.24. The van der Waals surface area contributed by atoms with Crippen LogP contribution in [0.15, 0.2) is 48.5 Å². The third-order valence-corrected chi connectivity index (χ3v) is 5.76. The summed E-state index contributed by atoms with van der Waals surface area (Å²) in [7, 11) is 0. The van der Waals surface area contributed by atoms with Crippen molar-refractivity contribution in [2.45, 2.75) is 29.9 Å². The summed E-state index contributed by atoms with van der Waals surface area (Å²) >= 11 is 8.00. The summed E-state index contributed by atoms with van der Waals surface area (Å²) in [4.78, 5) is 11.5. The molecule has 0 aliphatic heterocycles. The van der Waals surface area contributed by atoms with E-state index in [1.807, 2.05) is 13.0 Å². The molecule has 0 aliphatic carbocycles. The van der Waals surface area contributed by atoms with E-state index in [-0.39, 0.29) is 17.4 Å². The molecule has 1 N–H and O–H groups in total. The van der Waals surface area contributed by atoms with Crippen LogP contribution in [0.1, 0.15) is 19.4 Å². The van der Waals surface area contributed by atoms with Gasteiger partial charge in [-0.05, 0) is 64.0 Å². The monoisotopic (exact) mass is 647 g/mol. The van der Waals surface area contributed by atoms with Gasteiger partial charge in [-0.25, -0.2) is 0 Å². The fourth-order valence-electron chi connectivity index (χ4n) is 3.22. The molecule has 1 unspecified atom stereocenters. The van der Waals surface area contributed by atoms with Gasteiger partial charge < -0.3 is 19.5 Å². The number of nitrogens with one attached hydrogen (secondary N) is 1. The zero-order valence-corrected chi connectivity index (χ0v) is 21.4. The van der Waals surface area contributed by atoms with Crippen LogP contribution in [-0.2, 0) is 8.34 Å². The Kier molecular flexibility index (Phi) is 8.08. The molecule has 0 saturated carbocycles. The first-order valence-electron chi connectivity index (χ1n) is 10.0. The third-order valence-electron chi connectivity index (χ3n) is 4.59. The van der Waals surface area contributed by atoms with Crippen molar-refractivity contribution in [3.63, 3.8) is 0 Å². The molecule has 5 nitrogen and oxygen atoms in total. The van der Waals surface area contributed by atoms with Gasteiger partial charge in [0.05, 0.1) is 5.02 Å². The normalized spacial score (nSPS) is 13.7. The predicted molar refractivity (Wildman–Crippen MR) is 129 cm³/mol. The van der Waals surface area contributed by atoms with Crippen molar-refractivity contribution in [3.8, 4) is 23.0 Å². The van der Waals surface area contributed by atoms with Gasteiger partial charge in [-0.1, -0.05) is 29.8 Å². The van der Waals surface area contributed by atoms with Gasteiger partial charge in [0.2, 0.25) is 5.91 Å². The summed E-state index contributed by atoms with van der Waals surface area (Å²) in [6.07, 6.45) is -10.0. The van der Waals surface area contributed by atoms with Crippen molar-refractivity contribution in [1.82, 2.24) is 5.32 Å². The number of rotatable bonds is 7. The van der Waals surface area contributed by atoms with Crippen LogP contribution in [0.2, 0.25) is 5.02 Å². The molecule has 36 heavy (non-hydrogen) atoms. The molecule has 0 fully saturated rings. The first kappa shape index (κ1) is 28.0. The van der Waals surface area contributed by atoms with Gasteiger partial charge in [-0.15, -0.1) is 13.2 Å². The first-order chi connectivity index (χ1) is 16.5. The summed E-state index contributed by atoms with van der Waals surface area (Å²) < 4.78 is 89.2. The van der Waals surface area contributed by atoms with Gasteiger partial charge in [0.25, 0.3) is 0 Å². The second-order valence-electron chi connectivity index (χ2n) is 7.69. The molecule has 1 atom stereocenters. The number of fused-ring (bicyclic) bond motifs is 1. The smallest absolute Gasteiger partial charge is 0.479 e. The standard InChI is InChI=1S/C23H17ClF6INO4/c1-12(33)32-21(2,31)15-5-3-14-8-16(6-4-13(14)7-15)35-17-9-18(24)20(34-11-22(25,26)27)19(10-17)36-23(28,29)30/h3-10H,11H2,1-2H3,(H,32,33). The minimum atomic E-state index is -5.22. The lowest BCUT2D eigenvalue weighted by molar-refractivity contribution is -0.275. The van der Waals surface area contributed by atoms with Crippen molar-refractivity contribution >= 4 is 50.9 Å². The Labute approximate surface area is 219 Å². The topological polar surface area (TPSA) is 56.8 Å². The highest BCUT2D eigenvalue weighted by atomic mass is 127. The van der Waals surface area contributed by atoms with E-state index in [1.165, 1.54) is 6.92 Å². The zero-order chi connectivity index (χ0) is 26.9. The average molecular weight is 648 g/mol. The van der Waals surface area contributed by atoms with E-state index in [2.05, 4.69) is 37.4 Å². The second kappa shape index (κ2) is 10.4. The molecule has 0 radical (unpaired) electrons. The van der Waals surface area contributed by atoms with Gasteiger partial charge >= 0.3 is 12.5 Å². The van der Waals surface area contributed by atoms with Crippen LogP contribution in [0.25, 0.3) is 10.8 Å². The van der Waals surface area contributed by atoms with Crippen LogP contribution >= 0.6 is 34.2 Å². The predicted octanol–water partition coefficient (Wildman–Crippen LogP) is 7.87. The average Bonchev–Trinajstić information content (AvgIpc) is 2.70. The Bertz CT molecular complexity index is 1280. The van der Waals surface area contributed by atoms with Crippen LogP contribution in [0, 0.1) is 0 Å². The molecule has 0 heterocycles. The third kappa shape index (κ3) is 7.69. The quantitative estimate of drug-likeness (QED) is 0.123. The van der Waals surface area contributed by atoms with E-state index in [9.17, 15) is 31.1 Å². The van der Waals surface area contributed by atoms with E-state index < -0.39 is 39.2 Å². The Hall–Kier alpha value is -2.61. The molecule has 0 saturated heterocycles. The van der Waals surface area contributed by atoms with Crippen LogP contribution < -0.4 is 19.5 Å². The highest BCUT2D eigenvalue weighted by molar-refractivity contribution is 14.1. The summed E-state index contributed by atoms with van der Waals surface area (Å²) in [5, 5.41) is 3.78. The molecule has 3 aromatic carbocycles. The number of carbonyl (C=O) groups excluding carboxylic acids is 1. The minimum Gasteiger partial charge on any atom is -0.479 e. The Morgan fingerprint density at radius 3 is 2.22 bits per heavy atom. The van der Waals surface area contributed by atoms with E-state index >= 15 is 0 Å². The van der Waals surface area contributed by atoms with Crippen molar-refractivity contribution in [2.75, 3.05) is 6.61 Å². The number of halogens is 8. The fourth-order valence-corrected chi connectivity index (χ4v) is 4.19. The lowest BCUT2D eigenvalue weighted by Crippen LogP contribution is -2.36. The molecule has 3 aromatic rings. The van der Waals surface area contributed by atoms with Crippen LogP contribution in [0.3, 0.4) is 0 Å². The van der Waals surface area contributed by atoms with Crippen molar-refractivity contribution in [1.29, 1.82) is 0 Å². The molecule has 0 bridgehead atoms. The maximum absolute atomic E-state index is 12.8. The van der Waals surface area contributed by atoms with Crippen LogP contribution in [0.4, 0.5) is 26.3 Å². The van der Waals surface area contributed by atoms with Crippen molar-refractivity contribution < 1.29 is 45.3 Å². The number of hydrogen-bond donors (Lipinski definition) is 1. The number of amides is 1. The Morgan fingerprint density at radius 2 is 1.61 bits per heavy atom. The van der Waals surface area contributed by atoms with Crippen LogP contribution in [0.5, 0.6) is 23.0 Å². The molecule has 13 heteroatoms. The SMILES string of the molecule is CC(=O)NC(C)(I)c1ccc2cc(Oc3cc(Cl)c(OCC(F)(F)F)c(OC(F)(F)F)c3)ccc2c1. The Morgan fingerprint density at radius 1 is 0.972 bits per heavy atom. The first-order valence-corrected chi connectivity index (χ1v) is 11.5. The van der Waals surface area contributed by atoms with E-state index in [0.717, 1.165) is 23.1 Å². The highest BCUT2D eigenvalue weighted by Gasteiger charge is 2.35. The maximum atomic E-state index is 12.8. The van der Waals surface area contributed by atoms with E-state index in [4.69, 9.17) is 16.3 Å². The molecule has 0 aromatic heterocycles. The molecular weight excluding hydrogens is 631 g/mol. The second-order valence-corrected chi connectivity index (χ2v) is 10.3. The van der Waals surface area contributed by atoms with Gasteiger partial charge in [0, 0.05) is 19.1 Å². The molecule has 0 aliphatic rings.